The summed E-state index contributed by atoms with van der Waals surface area (Å²) in [4.78, 5) is 46.5. The molecule has 2 atom stereocenters. The summed E-state index contributed by atoms with van der Waals surface area (Å²) in [6.07, 6.45) is 0.224. The van der Waals surface area contributed by atoms with E-state index < -0.39 is 40.2 Å². The number of anilines is 1. The molecular formula is C20H34N6O8S2. The van der Waals surface area contributed by atoms with Crippen molar-refractivity contribution in [3.63, 3.8) is 0 Å². The first-order valence-electron chi connectivity index (χ1n) is 11.2. The first kappa shape index (κ1) is 31.2. The van der Waals surface area contributed by atoms with E-state index in [1.54, 1.807) is 0 Å². The van der Waals surface area contributed by atoms with Gasteiger partial charge in [0.25, 0.3) is 11.8 Å². The van der Waals surface area contributed by atoms with Crippen LogP contribution in [0.4, 0.5) is 5.13 Å². The van der Waals surface area contributed by atoms with Crippen LogP contribution in [0.5, 0.6) is 0 Å². The highest BCUT2D eigenvalue weighted by atomic mass is 32.2. The number of carbonyl (C=O) groups is 3. The monoisotopic (exact) mass is 550 g/mol. The Morgan fingerprint density at radius 3 is 2.33 bits per heavy atom. The molecule has 1 aliphatic heterocycles. The molecule has 2 heterocycles. The average molecular weight is 551 g/mol. The van der Waals surface area contributed by atoms with Gasteiger partial charge in [0.2, 0.25) is 0 Å². The molecule has 0 bridgehead atoms. The molecule has 0 aromatic carbocycles. The molecule has 2 amide bonds. The second kappa shape index (κ2) is 14.7. The van der Waals surface area contributed by atoms with Crippen LogP contribution in [-0.4, -0.2) is 96.1 Å². The van der Waals surface area contributed by atoms with E-state index in [-0.39, 0.29) is 40.3 Å². The van der Waals surface area contributed by atoms with Gasteiger partial charge in [-0.3, -0.25) is 18.9 Å². The zero-order valence-corrected chi connectivity index (χ0v) is 22.6. The number of carbonyl (C=O) groups excluding carboxylic acids is 3. The minimum Gasteiger partial charge on any atom is -0.466 e. The summed E-state index contributed by atoms with van der Waals surface area (Å²) in [6, 6.07) is -2.32. The van der Waals surface area contributed by atoms with Crippen LogP contribution >= 0.6 is 11.3 Å². The first-order valence-corrected chi connectivity index (χ1v) is 13.5. The van der Waals surface area contributed by atoms with E-state index in [0.717, 1.165) is 11.3 Å². The maximum atomic E-state index is 12.6. The normalized spacial score (nSPS) is 17.7. The molecule has 16 heteroatoms. The molecule has 2 rings (SSSR count). The number of esters is 1. The summed E-state index contributed by atoms with van der Waals surface area (Å²) < 4.78 is 37.2. The van der Waals surface area contributed by atoms with Crippen LogP contribution in [0.25, 0.3) is 0 Å². The molecule has 1 aromatic rings. The average Bonchev–Trinajstić information content (AvgIpc) is 3.23. The summed E-state index contributed by atoms with van der Waals surface area (Å²) in [5, 5.41) is 7.57. The number of thiazole rings is 1. The van der Waals surface area contributed by atoms with Crippen molar-refractivity contribution in [3.05, 3.63) is 11.1 Å². The third kappa shape index (κ3) is 9.00. The Bertz CT molecular complexity index is 1020. The Morgan fingerprint density at radius 1 is 1.31 bits per heavy atom. The smallest absolute Gasteiger partial charge is 0.362 e. The number of oxime groups is 1. The van der Waals surface area contributed by atoms with Crippen LogP contribution in [-0.2, 0) is 34.3 Å². The molecule has 14 nitrogen and oxygen atoms in total. The fraction of sp³-hybridized carbons (Fsp3) is 0.650. The lowest BCUT2D eigenvalue weighted by Crippen LogP contribution is -2.72. The van der Waals surface area contributed by atoms with Gasteiger partial charge in [0, 0.05) is 12.3 Å². The van der Waals surface area contributed by atoms with E-state index in [4.69, 9.17) is 10.5 Å². The topological polar surface area (TPSA) is 194 Å². The maximum absolute atomic E-state index is 12.6. The Labute approximate surface area is 214 Å². The first-order chi connectivity index (χ1) is 16.9. The molecule has 1 aliphatic rings. The van der Waals surface area contributed by atoms with Gasteiger partial charge in [0.05, 0.1) is 12.6 Å². The van der Waals surface area contributed by atoms with Gasteiger partial charge in [-0.2, -0.15) is 8.42 Å². The number of nitrogens with zero attached hydrogens (tertiary/aromatic N) is 4. The number of nitrogens with two attached hydrogens (primary N) is 1. The van der Waals surface area contributed by atoms with E-state index in [1.165, 1.54) is 39.0 Å². The van der Waals surface area contributed by atoms with Gasteiger partial charge in [0.15, 0.2) is 10.8 Å². The van der Waals surface area contributed by atoms with Gasteiger partial charge in [-0.15, -0.1) is 11.3 Å². The Kier molecular flexibility index (Phi) is 12.7. The van der Waals surface area contributed by atoms with Gasteiger partial charge in [0.1, 0.15) is 18.8 Å². The fourth-order valence-electron chi connectivity index (χ4n) is 3.33. The van der Waals surface area contributed by atoms with Crippen molar-refractivity contribution >= 4 is 50.3 Å². The molecule has 36 heavy (non-hydrogen) atoms. The fourth-order valence-corrected chi connectivity index (χ4v) is 4.78. The Balaban J connectivity index is 0.000000809. The van der Waals surface area contributed by atoms with Gasteiger partial charge >= 0.3 is 16.3 Å². The summed E-state index contributed by atoms with van der Waals surface area (Å²) in [5.74, 6) is -2.39. The number of rotatable bonds is 12. The largest absolute Gasteiger partial charge is 0.466 e. The van der Waals surface area contributed by atoms with Crippen molar-refractivity contribution in [2.24, 2.45) is 5.16 Å². The Hall–Kier alpha value is -2.82. The number of hydrogen-bond donors (Lipinski definition) is 3. The number of aromatic nitrogens is 1. The summed E-state index contributed by atoms with van der Waals surface area (Å²) in [5.41, 5.74) is 5.38. The second-order valence-electron chi connectivity index (χ2n) is 7.43. The van der Waals surface area contributed by atoms with Gasteiger partial charge in [-0.1, -0.05) is 25.9 Å². The van der Waals surface area contributed by atoms with Crippen LogP contribution in [0.15, 0.2) is 10.5 Å². The molecule has 0 saturated carbocycles. The number of hydrogen-bond acceptors (Lipinski definition) is 12. The highest BCUT2D eigenvalue weighted by Crippen LogP contribution is 2.27. The van der Waals surface area contributed by atoms with Gasteiger partial charge in [-0.05, 0) is 32.5 Å². The van der Waals surface area contributed by atoms with Gasteiger partial charge < -0.3 is 25.5 Å². The van der Waals surface area contributed by atoms with E-state index in [2.05, 4.69) is 46.0 Å². The lowest BCUT2D eigenvalue weighted by atomic mass is 9.94. The zero-order chi connectivity index (χ0) is 27.5. The van der Waals surface area contributed by atoms with Crippen molar-refractivity contribution in [3.8, 4) is 0 Å². The molecule has 0 radical (unpaired) electrons. The number of amides is 2. The van der Waals surface area contributed by atoms with E-state index >= 15 is 0 Å². The number of nitrogens with one attached hydrogen (secondary N) is 1. The van der Waals surface area contributed by atoms with Gasteiger partial charge in [-0.25, -0.2) is 9.29 Å². The SMILES string of the molecule is CCN(CC)CC.CO/N=C(\C(=O)N[C@@H]1C(=O)N(S(=O)(=O)O)[C@H]1CCCOC(C)=O)c1csc(N)n1. The van der Waals surface area contributed by atoms with Crippen LogP contribution < -0.4 is 11.1 Å². The third-order valence-corrected chi connectivity index (χ3v) is 6.78. The van der Waals surface area contributed by atoms with Crippen LogP contribution in [0, 0.1) is 0 Å². The van der Waals surface area contributed by atoms with Crippen LogP contribution in [0.2, 0.25) is 0 Å². The molecule has 1 aromatic heterocycles. The van der Waals surface area contributed by atoms with E-state index in [1.807, 2.05) is 0 Å². The molecule has 4 N–H and O–H groups in total. The number of nitrogen functional groups attached to an aromatic ring is 1. The minimum absolute atomic E-state index is 0.0194. The molecule has 0 spiro atoms. The van der Waals surface area contributed by atoms with Crippen molar-refractivity contribution in [1.29, 1.82) is 0 Å². The third-order valence-electron chi connectivity index (χ3n) is 5.16. The summed E-state index contributed by atoms with van der Waals surface area (Å²) >= 11 is 1.06. The van der Waals surface area contributed by atoms with Crippen molar-refractivity contribution < 1.29 is 36.9 Å². The number of β-lactam (4-membered cyclic amide) rings is 1. The molecular weight excluding hydrogens is 516 g/mol. The molecule has 0 aliphatic carbocycles. The van der Waals surface area contributed by atoms with E-state index in [0.29, 0.717) is 0 Å². The predicted octanol–water partition coefficient (Wildman–Crippen LogP) is 0.266. The summed E-state index contributed by atoms with van der Waals surface area (Å²) in [6.45, 7) is 11.3. The highest BCUT2D eigenvalue weighted by molar-refractivity contribution is 7.84. The molecule has 0 unspecified atom stereocenters. The van der Waals surface area contributed by atoms with Crippen LogP contribution in [0.1, 0.15) is 46.2 Å². The Morgan fingerprint density at radius 2 is 1.92 bits per heavy atom. The van der Waals surface area contributed by atoms with E-state index in [9.17, 15) is 27.4 Å². The lowest BCUT2D eigenvalue weighted by molar-refractivity contribution is -0.146. The second-order valence-corrected chi connectivity index (χ2v) is 9.60. The van der Waals surface area contributed by atoms with Crippen molar-refractivity contribution in [2.45, 2.75) is 52.6 Å². The lowest BCUT2D eigenvalue weighted by Gasteiger charge is -2.44. The standard InChI is InChI=1S/C14H19N5O8S2.C6H15N/c1-7(20)27-5-3-4-9-11(13(22)19(9)29(23,24)25)17-12(21)10(18-26-2)8-6-28-14(15)16-8;1-4-7(5-2)6-3/h6,9,11H,3-5H2,1-2H3,(H2,15,16)(H,17,21)(H,23,24,25);4-6H2,1-3H3/b18-10-;/t9-,11-;/m0./s1. The van der Waals surface area contributed by atoms with Crippen molar-refractivity contribution in [2.75, 3.05) is 39.1 Å². The summed E-state index contributed by atoms with van der Waals surface area (Å²) in [7, 11) is -3.62. The minimum atomic E-state index is -4.82. The van der Waals surface area contributed by atoms with Crippen LogP contribution in [0.3, 0.4) is 0 Å². The quantitative estimate of drug-likeness (QED) is 0.0807. The predicted molar refractivity (Wildman–Crippen MR) is 134 cm³/mol. The maximum Gasteiger partial charge on any atom is 0.362 e. The molecule has 1 saturated heterocycles. The molecule has 204 valence electrons. The highest BCUT2D eigenvalue weighted by Gasteiger charge is 2.53. The number of ether oxygens (including phenoxy) is 1. The van der Waals surface area contributed by atoms with Crippen molar-refractivity contribution in [1.82, 2.24) is 19.5 Å². The molecule has 1 fully saturated rings. The zero-order valence-electron chi connectivity index (χ0n) is 21.0.